The molecule has 3 aliphatic carbocycles. The van der Waals surface area contributed by atoms with Crippen molar-refractivity contribution in [1.82, 2.24) is 0 Å². The molecule has 28 heavy (non-hydrogen) atoms. The van der Waals surface area contributed by atoms with Crippen molar-refractivity contribution in [3.63, 3.8) is 0 Å². The molecule has 2 saturated carbocycles. The molecule has 1 aromatic carbocycles. The summed E-state index contributed by atoms with van der Waals surface area (Å²) in [6.07, 6.45) is 12.0. The van der Waals surface area contributed by atoms with Crippen LogP contribution in [0.2, 0.25) is 0 Å². The Balaban J connectivity index is 1.42. The Labute approximate surface area is 169 Å². The van der Waals surface area contributed by atoms with Gasteiger partial charge in [0, 0.05) is 11.8 Å². The van der Waals surface area contributed by atoms with Crippen LogP contribution in [0.5, 0.6) is 5.75 Å². The van der Waals surface area contributed by atoms with Crippen LogP contribution >= 0.6 is 0 Å². The minimum Gasteiger partial charge on any atom is -0.508 e. The third-order valence-electron chi connectivity index (χ3n) is 8.13. The molecule has 0 bridgehead atoms. The highest BCUT2D eigenvalue weighted by Crippen LogP contribution is 2.61. The van der Waals surface area contributed by atoms with E-state index in [0.29, 0.717) is 29.9 Å². The maximum atomic E-state index is 12.4. The molecule has 3 nitrogen and oxygen atoms in total. The molecule has 2 fully saturated rings. The number of ether oxygens (including phenoxy) is 1. The van der Waals surface area contributed by atoms with Crippen LogP contribution in [0, 0.1) is 17.3 Å². The summed E-state index contributed by atoms with van der Waals surface area (Å²) in [5.74, 6) is 2.39. The lowest BCUT2D eigenvalue weighted by Crippen LogP contribution is -2.45. The van der Waals surface area contributed by atoms with Crippen molar-refractivity contribution in [2.75, 3.05) is 0 Å². The first kappa shape index (κ1) is 19.8. The van der Waals surface area contributed by atoms with E-state index in [-0.39, 0.29) is 17.5 Å². The van der Waals surface area contributed by atoms with Crippen LogP contribution in [-0.2, 0) is 16.0 Å². The number of rotatable bonds is 6. The fraction of sp³-hybridized carbons (Fsp3) is 0.720. The molecule has 1 unspecified atom stereocenters. The van der Waals surface area contributed by atoms with Gasteiger partial charge in [-0.25, -0.2) is 0 Å². The van der Waals surface area contributed by atoms with Crippen molar-refractivity contribution in [2.24, 2.45) is 17.3 Å². The fourth-order valence-electron chi connectivity index (χ4n) is 6.63. The number of carbonyl (C=O) groups is 1. The molecule has 0 spiro atoms. The highest BCUT2D eigenvalue weighted by molar-refractivity contribution is 5.69. The van der Waals surface area contributed by atoms with E-state index in [1.165, 1.54) is 43.2 Å². The quantitative estimate of drug-likeness (QED) is 0.474. The number of phenols is 1. The van der Waals surface area contributed by atoms with Crippen LogP contribution in [0.1, 0.15) is 95.1 Å². The number of unbranched alkanes of at least 4 members (excludes halogenated alkanes) is 3. The largest absolute Gasteiger partial charge is 0.508 e. The van der Waals surface area contributed by atoms with Crippen LogP contribution < -0.4 is 0 Å². The monoisotopic (exact) mass is 384 g/mol. The third kappa shape index (κ3) is 3.57. The van der Waals surface area contributed by atoms with E-state index >= 15 is 0 Å². The van der Waals surface area contributed by atoms with Crippen molar-refractivity contribution in [3.8, 4) is 5.75 Å². The summed E-state index contributed by atoms with van der Waals surface area (Å²) in [6, 6.07) is 5.98. The number of carbonyl (C=O) groups excluding carboxylic acids is 1. The maximum absolute atomic E-state index is 12.4. The van der Waals surface area contributed by atoms with Gasteiger partial charge in [0.2, 0.25) is 0 Å². The lowest BCUT2D eigenvalue weighted by Gasteiger charge is -2.50. The summed E-state index contributed by atoms with van der Waals surface area (Å²) in [5, 5.41) is 9.84. The van der Waals surface area contributed by atoms with E-state index in [2.05, 4.69) is 19.9 Å². The van der Waals surface area contributed by atoms with Crippen molar-refractivity contribution < 1.29 is 14.6 Å². The molecule has 0 aromatic heterocycles. The number of aromatic hydroxyl groups is 1. The Morgan fingerprint density at radius 1 is 1.18 bits per heavy atom. The summed E-state index contributed by atoms with van der Waals surface area (Å²) >= 11 is 0. The van der Waals surface area contributed by atoms with Gasteiger partial charge < -0.3 is 9.84 Å². The van der Waals surface area contributed by atoms with Crippen LogP contribution in [-0.4, -0.2) is 17.2 Å². The summed E-state index contributed by atoms with van der Waals surface area (Å²) in [5.41, 5.74) is 2.96. The van der Waals surface area contributed by atoms with Crippen LogP contribution in [0.3, 0.4) is 0 Å². The molecular formula is C25H36O3. The fourth-order valence-corrected chi connectivity index (χ4v) is 6.63. The van der Waals surface area contributed by atoms with Gasteiger partial charge in [-0.3, -0.25) is 4.79 Å². The van der Waals surface area contributed by atoms with Gasteiger partial charge in [0.1, 0.15) is 11.9 Å². The Morgan fingerprint density at radius 2 is 2.04 bits per heavy atom. The van der Waals surface area contributed by atoms with E-state index in [1.807, 2.05) is 12.1 Å². The molecule has 0 heterocycles. The molecule has 0 saturated heterocycles. The van der Waals surface area contributed by atoms with Gasteiger partial charge in [-0.15, -0.1) is 0 Å². The minimum absolute atomic E-state index is 0.0227. The molecule has 0 radical (unpaired) electrons. The summed E-state index contributed by atoms with van der Waals surface area (Å²) < 4.78 is 6.06. The third-order valence-corrected chi connectivity index (χ3v) is 8.13. The molecule has 3 aliphatic rings. The average molecular weight is 385 g/mol. The SMILES string of the molecule is CCCCCCC(=O)OC1CC[C@H]2[C@@H]3CCc4cc(O)ccc4[C@H]3CC[C@]12C. The van der Waals surface area contributed by atoms with Crippen molar-refractivity contribution in [1.29, 1.82) is 0 Å². The first-order valence-corrected chi connectivity index (χ1v) is 11.5. The van der Waals surface area contributed by atoms with E-state index < -0.39 is 0 Å². The van der Waals surface area contributed by atoms with Crippen LogP contribution in [0.15, 0.2) is 18.2 Å². The smallest absolute Gasteiger partial charge is 0.306 e. The van der Waals surface area contributed by atoms with Crippen LogP contribution in [0.4, 0.5) is 0 Å². The zero-order valence-corrected chi connectivity index (χ0v) is 17.6. The van der Waals surface area contributed by atoms with Gasteiger partial charge >= 0.3 is 5.97 Å². The predicted octanol–water partition coefficient (Wildman–Crippen LogP) is 6.13. The second-order valence-electron chi connectivity index (χ2n) is 9.71. The predicted molar refractivity (Wildman–Crippen MR) is 111 cm³/mol. The number of fused-ring (bicyclic) bond motifs is 5. The number of hydrogen-bond donors (Lipinski definition) is 1. The lowest BCUT2D eigenvalue weighted by atomic mass is 9.55. The number of hydrogen-bond acceptors (Lipinski definition) is 3. The zero-order valence-electron chi connectivity index (χ0n) is 17.6. The standard InChI is InChI=1S/C25H36O3/c1-3-4-5-6-7-24(27)28-23-13-12-22-21-10-8-17-16-18(26)9-11-19(17)20(21)14-15-25(22,23)2/h9,11,16,20-23,26H,3-8,10,12-15H2,1-2H3/t20-,21-,22+,23?,25+/m1/s1. The van der Waals surface area contributed by atoms with Gasteiger partial charge in [-0.2, -0.15) is 0 Å². The molecule has 4 rings (SSSR count). The van der Waals surface area contributed by atoms with Crippen molar-refractivity contribution in [3.05, 3.63) is 29.3 Å². The number of benzene rings is 1. The summed E-state index contributed by atoms with van der Waals surface area (Å²) in [4.78, 5) is 12.4. The second-order valence-corrected chi connectivity index (χ2v) is 9.71. The topological polar surface area (TPSA) is 46.5 Å². The Morgan fingerprint density at radius 3 is 2.86 bits per heavy atom. The molecular weight excluding hydrogens is 348 g/mol. The highest BCUT2D eigenvalue weighted by atomic mass is 16.5. The Hall–Kier alpha value is -1.51. The molecule has 3 heteroatoms. The molecule has 0 amide bonds. The second kappa shape index (κ2) is 8.08. The molecule has 1 N–H and O–H groups in total. The van der Waals surface area contributed by atoms with Gasteiger partial charge in [-0.1, -0.05) is 39.2 Å². The van der Waals surface area contributed by atoms with E-state index in [4.69, 9.17) is 4.74 Å². The highest BCUT2D eigenvalue weighted by Gasteiger charge is 2.56. The normalized spacial score (nSPS) is 33.6. The van der Waals surface area contributed by atoms with Gasteiger partial charge in [0.05, 0.1) is 0 Å². The van der Waals surface area contributed by atoms with Gasteiger partial charge in [0.15, 0.2) is 0 Å². The lowest BCUT2D eigenvalue weighted by molar-refractivity contribution is -0.157. The zero-order chi connectivity index (χ0) is 19.7. The van der Waals surface area contributed by atoms with Crippen LogP contribution in [0.25, 0.3) is 0 Å². The van der Waals surface area contributed by atoms with Gasteiger partial charge in [-0.05, 0) is 86.0 Å². The minimum atomic E-state index is 0.0227. The first-order valence-electron chi connectivity index (χ1n) is 11.5. The van der Waals surface area contributed by atoms with Crippen molar-refractivity contribution >= 4 is 5.97 Å². The molecule has 0 aliphatic heterocycles. The first-order chi connectivity index (χ1) is 13.5. The summed E-state index contributed by atoms with van der Waals surface area (Å²) in [7, 11) is 0. The van der Waals surface area contributed by atoms with Crippen molar-refractivity contribution in [2.45, 2.75) is 96.5 Å². The Kier molecular flexibility index (Phi) is 5.71. The van der Waals surface area contributed by atoms with E-state index in [0.717, 1.165) is 32.1 Å². The average Bonchev–Trinajstić information content (AvgIpc) is 3.01. The molecule has 1 aromatic rings. The van der Waals surface area contributed by atoms with E-state index in [1.54, 1.807) is 0 Å². The summed E-state index contributed by atoms with van der Waals surface area (Å²) in [6.45, 7) is 4.59. The number of esters is 1. The van der Waals surface area contributed by atoms with Gasteiger partial charge in [0.25, 0.3) is 0 Å². The molecule has 5 atom stereocenters. The maximum Gasteiger partial charge on any atom is 0.306 e. The number of aryl methyl sites for hydroxylation is 1. The number of phenolic OH excluding ortho intramolecular Hbond substituents is 1. The van der Waals surface area contributed by atoms with E-state index in [9.17, 15) is 9.90 Å². The Bertz CT molecular complexity index is 712. The molecule has 154 valence electrons.